The molecule has 9 heteroatoms. The highest BCUT2D eigenvalue weighted by atomic mass is 19.3. The van der Waals surface area contributed by atoms with Gasteiger partial charge < -0.3 is 15.2 Å². The average molecular weight is 419 g/mol. The van der Waals surface area contributed by atoms with Crippen LogP contribution in [0, 0.1) is 19.7 Å². The molecule has 0 aliphatic heterocycles. The molecule has 2 aromatic carbocycles. The Morgan fingerprint density at radius 2 is 1.87 bits per heavy atom. The van der Waals surface area contributed by atoms with Crippen molar-refractivity contribution in [1.29, 1.82) is 0 Å². The Balaban J connectivity index is 2.15. The first-order valence-corrected chi connectivity index (χ1v) is 9.07. The normalized spacial score (nSPS) is 12.3. The molecule has 0 saturated heterocycles. The number of carbonyl (C=O) groups is 1. The number of nitrogens with zero attached hydrogens (tertiary/aromatic N) is 2. The van der Waals surface area contributed by atoms with E-state index in [9.17, 15) is 23.1 Å². The number of rotatable bonds is 6. The van der Waals surface area contributed by atoms with Crippen LogP contribution in [-0.4, -0.2) is 28.2 Å². The van der Waals surface area contributed by atoms with Gasteiger partial charge in [-0.25, -0.2) is 27.9 Å². The summed E-state index contributed by atoms with van der Waals surface area (Å²) in [6.45, 7) is 4.92. The van der Waals surface area contributed by atoms with E-state index in [-0.39, 0.29) is 16.9 Å². The van der Waals surface area contributed by atoms with Gasteiger partial charge in [0, 0.05) is 16.5 Å². The van der Waals surface area contributed by atoms with Gasteiger partial charge in [-0.05, 0) is 26.8 Å². The highest BCUT2D eigenvalue weighted by molar-refractivity contribution is 6.02. The van der Waals surface area contributed by atoms with Crippen molar-refractivity contribution in [2.45, 2.75) is 33.2 Å². The molecule has 1 heterocycles. The summed E-state index contributed by atoms with van der Waals surface area (Å²) < 4.78 is 46.0. The molecule has 0 saturated carbocycles. The fraction of sp³-hybridized carbons (Fsp3) is 0.286. The summed E-state index contributed by atoms with van der Waals surface area (Å²) in [6, 6.07) is 4.51. The maximum atomic E-state index is 14.6. The van der Waals surface area contributed by atoms with Gasteiger partial charge in [-0.1, -0.05) is 18.2 Å². The molecule has 0 spiro atoms. The Morgan fingerprint density at radius 3 is 2.47 bits per heavy atom. The summed E-state index contributed by atoms with van der Waals surface area (Å²) in [7, 11) is 1.36. The summed E-state index contributed by atoms with van der Waals surface area (Å²) in [4.78, 5) is 20.3. The van der Waals surface area contributed by atoms with Gasteiger partial charge in [-0.3, -0.25) is 0 Å². The Bertz CT molecular complexity index is 1140. The smallest absolute Gasteiger partial charge is 0.339 e. The molecule has 3 rings (SSSR count). The van der Waals surface area contributed by atoms with Crippen molar-refractivity contribution in [1.82, 2.24) is 9.97 Å². The van der Waals surface area contributed by atoms with Crippen LogP contribution in [0.1, 0.15) is 52.3 Å². The number of aryl methyl sites for hydroxylation is 2. The minimum absolute atomic E-state index is 0.0460. The molecule has 3 aromatic rings. The van der Waals surface area contributed by atoms with E-state index in [4.69, 9.17) is 4.74 Å². The van der Waals surface area contributed by atoms with Crippen LogP contribution in [0.5, 0.6) is 5.75 Å². The Hall–Kier alpha value is -3.36. The SMILES string of the molecule is COc1c(C(=O)O)cc2nc(C)nc(NC(C)c3cccc(C(F)F)c3F)c2c1C. The van der Waals surface area contributed by atoms with Crippen LogP contribution < -0.4 is 10.1 Å². The van der Waals surface area contributed by atoms with Crippen molar-refractivity contribution in [2.24, 2.45) is 0 Å². The molecule has 0 aliphatic rings. The van der Waals surface area contributed by atoms with Crippen LogP contribution in [0.3, 0.4) is 0 Å². The summed E-state index contributed by atoms with van der Waals surface area (Å²) in [5.74, 6) is -1.31. The lowest BCUT2D eigenvalue weighted by Gasteiger charge is -2.20. The number of hydrogen-bond acceptors (Lipinski definition) is 5. The second-order valence-corrected chi connectivity index (χ2v) is 6.82. The first-order chi connectivity index (χ1) is 14.1. The largest absolute Gasteiger partial charge is 0.496 e. The molecule has 30 heavy (non-hydrogen) atoms. The molecule has 0 aliphatic carbocycles. The predicted molar refractivity (Wildman–Crippen MR) is 106 cm³/mol. The summed E-state index contributed by atoms with van der Waals surface area (Å²) in [5, 5.41) is 13.0. The van der Waals surface area contributed by atoms with Crippen LogP contribution in [0.25, 0.3) is 10.9 Å². The van der Waals surface area contributed by atoms with Crippen LogP contribution in [0.15, 0.2) is 24.3 Å². The highest BCUT2D eigenvalue weighted by Crippen LogP contribution is 2.36. The van der Waals surface area contributed by atoms with Crippen LogP contribution >= 0.6 is 0 Å². The lowest BCUT2D eigenvalue weighted by Crippen LogP contribution is -2.13. The first kappa shape index (κ1) is 21.4. The lowest BCUT2D eigenvalue weighted by atomic mass is 10.0. The first-order valence-electron chi connectivity index (χ1n) is 9.07. The van der Waals surface area contributed by atoms with Crippen molar-refractivity contribution in [2.75, 3.05) is 12.4 Å². The van der Waals surface area contributed by atoms with E-state index in [1.807, 2.05) is 0 Å². The Morgan fingerprint density at radius 1 is 1.20 bits per heavy atom. The summed E-state index contributed by atoms with van der Waals surface area (Å²) in [6.07, 6.45) is -2.93. The van der Waals surface area contributed by atoms with E-state index in [1.54, 1.807) is 20.8 Å². The molecule has 1 aromatic heterocycles. The van der Waals surface area contributed by atoms with Crippen molar-refractivity contribution >= 4 is 22.7 Å². The molecule has 0 bridgehead atoms. The third-order valence-electron chi connectivity index (χ3n) is 4.84. The average Bonchev–Trinajstić information content (AvgIpc) is 2.66. The number of alkyl halides is 2. The third-order valence-corrected chi connectivity index (χ3v) is 4.84. The maximum absolute atomic E-state index is 14.6. The van der Waals surface area contributed by atoms with Crippen molar-refractivity contribution < 1.29 is 27.8 Å². The number of nitrogens with one attached hydrogen (secondary N) is 1. The highest BCUT2D eigenvalue weighted by Gasteiger charge is 2.23. The molecular weight excluding hydrogens is 399 g/mol. The molecule has 0 amide bonds. The van der Waals surface area contributed by atoms with Gasteiger partial charge in [-0.2, -0.15) is 0 Å². The number of ether oxygens (including phenoxy) is 1. The van der Waals surface area contributed by atoms with Gasteiger partial charge in [0.1, 0.15) is 28.8 Å². The summed E-state index contributed by atoms with van der Waals surface area (Å²) >= 11 is 0. The number of carboxylic acid groups (broad SMARTS) is 1. The van der Waals surface area contributed by atoms with Gasteiger partial charge in [0.05, 0.1) is 24.2 Å². The lowest BCUT2D eigenvalue weighted by molar-refractivity contribution is 0.0693. The fourth-order valence-electron chi connectivity index (χ4n) is 3.47. The van der Waals surface area contributed by atoms with Crippen LogP contribution in [-0.2, 0) is 0 Å². The van der Waals surface area contributed by atoms with Crippen LogP contribution in [0.2, 0.25) is 0 Å². The van der Waals surface area contributed by atoms with Gasteiger partial charge in [0.2, 0.25) is 0 Å². The number of anilines is 1. The number of fused-ring (bicyclic) bond motifs is 1. The van der Waals surface area contributed by atoms with Gasteiger partial charge in [0.15, 0.2) is 0 Å². The van der Waals surface area contributed by atoms with E-state index >= 15 is 0 Å². The third kappa shape index (κ3) is 3.74. The zero-order valence-electron chi connectivity index (χ0n) is 16.8. The molecule has 0 radical (unpaired) electrons. The summed E-state index contributed by atoms with van der Waals surface area (Å²) in [5.41, 5.74) is 0.201. The molecule has 1 atom stereocenters. The van der Waals surface area contributed by atoms with E-state index in [1.165, 1.54) is 25.3 Å². The van der Waals surface area contributed by atoms with Crippen molar-refractivity contribution in [3.63, 3.8) is 0 Å². The standard InChI is InChI=1S/C21H20F3N3O3/c1-9-16-15(8-14(21(28)29)18(9)30-4)26-11(3)27-20(16)25-10(2)12-6-5-7-13(17(12)22)19(23)24/h5-8,10,19H,1-4H3,(H,28,29)(H,25,26,27). The molecule has 158 valence electrons. The van der Waals surface area contributed by atoms with Crippen molar-refractivity contribution in [3.8, 4) is 5.75 Å². The monoisotopic (exact) mass is 419 g/mol. The van der Waals surface area contributed by atoms with Crippen molar-refractivity contribution in [3.05, 3.63) is 58.2 Å². The quantitative estimate of drug-likeness (QED) is 0.571. The zero-order chi connectivity index (χ0) is 22.2. The number of benzene rings is 2. The van der Waals surface area contributed by atoms with Gasteiger partial charge in [0.25, 0.3) is 6.43 Å². The van der Waals surface area contributed by atoms with E-state index in [2.05, 4.69) is 15.3 Å². The number of aromatic nitrogens is 2. The maximum Gasteiger partial charge on any atom is 0.339 e. The number of methoxy groups -OCH3 is 1. The minimum Gasteiger partial charge on any atom is -0.496 e. The topological polar surface area (TPSA) is 84.3 Å². The second-order valence-electron chi connectivity index (χ2n) is 6.82. The molecule has 0 fully saturated rings. The predicted octanol–water partition coefficient (Wildman–Crippen LogP) is 5.20. The zero-order valence-corrected chi connectivity index (χ0v) is 16.8. The van der Waals surface area contributed by atoms with E-state index in [0.717, 1.165) is 6.07 Å². The van der Waals surface area contributed by atoms with E-state index in [0.29, 0.717) is 28.1 Å². The number of aromatic carboxylic acids is 1. The van der Waals surface area contributed by atoms with Gasteiger partial charge in [-0.15, -0.1) is 0 Å². The number of hydrogen-bond donors (Lipinski definition) is 2. The number of carboxylic acids is 1. The number of halogens is 3. The Labute approximate surface area is 170 Å². The minimum atomic E-state index is -2.93. The van der Waals surface area contributed by atoms with Gasteiger partial charge >= 0.3 is 5.97 Å². The molecule has 2 N–H and O–H groups in total. The van der Waals surface area contributed by atoms with E-state index < -0.39 is 29.8 Å². The second kappa shape index (κ2) is 8.17. The molecule has 6 nitrogen and oxygen atoms in total. The molecular formula is C21H20F3N3O3. The van der Waals surface area contributed by atoms with Crippen LogP contribution in [0.4, 0.5) is 19.0 Å². The Kier molecular flexibility index (Phi) is 5.82. The molecule has 1 unspecified atom stereocenters. The fourth-order valence-corrected chi connectivity index (χ4v) is 3.47.